The highest BCUT2D eigenvalue weighted by Crippen LogP contribution is 2.30. The van der Waals surface area contributed by atoms with E-state index >= 15 is 0 Å². The van der Waals surface area contributed by atoms with Crippen LogP contribution in [0.5, 0.6) is 0 Å². The van der Waals surface area contributed by atoms with Crippen LogP contribution in [0.4, 0.5) is 5.69 Å². The molecule has 0 N–H and O–H groups in total. The van der Waals surface area contributed by atoms with Crippen molar-refractivity contribution >= 4 is 5.69 Å². The number of nitriles is 1. The quantitative estimate of drug-likeness (QED) is 0.780. The summed E-state index contributed by atoms with van der Waals surface area (Å²) in [4.78, 5) is 6.43. The fourth-order valence-corrected chi connectivity index (χ4v) is 2.60. The third-order valence-corrected chi connectivity index (χ3v) is 3.64. The van der Waals surface area contributed by atoms with Crippen molar-refractivity contribution in [2.24, 2.45) is 0 Å². The van der Waals surface area contributed by atoms with E-state index in [1.807, 2.05) is 12.1 Å². The molecule has 0 saturated carbocycles. The molecule has 1 aromatic carbocycles. The lowest BCUT2D eigenvalue weighted by Gasteiger charge is -2.27. The summed E-state index contributed by atoms with van der Waals surface area (Å²) in [6, 6.07) is 12.3. The maximum absolute atomic E-state index is 8.77. The van der Waals surface area contributed by atoms with Crippen molar-refractivity contribution in [2.75, 3.05) is 18.5 Å². The fraction of sp³-hybridized carbons (Fsp3) is 0.250. The van der Waals surface area contributed by atoms with Crippen LogP contribution in [0.1, 0.15) is 17.7 Å². The second-order valence-corrected chi connectivity index (χ2v) is 4.91. The Morgan fingerprint density at radius 3 is 2.79 bits per heavy atom. The Labute approximate surface area is 113 Å². The van der Waals surface area contributed by atoms with Crippen LogP contribution in [0.3, 0.4) is 0 Å². The number of hydrogen-bond donors (Lipinski definition) is 0. The zero-order valence-electron chi connectivity index (χ0n) is 10.9. The predicted octanol–water partition coefficient (Wildman–Crippen LogP) is 3.00. The van der Waals surface area contributed by atoms with E-state index in [2.05, 4.69) is 35.1 Å². The summed E-state index contributed by atoms with van der Waals surface area (Å²) < 4.78 is 0. The molecule has 0 bridgehead atoms. The van der Waals surface area contributed by atoms with Gasteiger partial charge in [-0.2, -0.15) is 5.26 Å². The van der Waals surface area contributed by atoms with Crippen LogP contribution in [0.25, 0.3) is 11.1 Å². The van der Waals surface area contributed by atoms with Gasteiger partial charge < -0.3 is 4.90 Å². The summed E-state index contributed by atoms with van der Waals surface area (Å²) in [7, 11) is 2.14. The Morgan fingerprint density at radius 1 is 1.21 bits per heavy atom. The molecule has 2 heterocycles. The molecule has 1 aliphatic rings. The van der Waals surface area contributed by atoms with Gasteiger partial charge in [0.05, 0.1) is 0 Å². The van der Waals surface area contributed by atoms with Crippen molar-refractivity contribution in [1.29, 1.82) is 5.26 Å². The van der Waals surface area contributed by atoms with Gasteiger partial charge in [0.15, 0.2) is 0 Å². The minimum Gasteiger partial charge on any atom is -0.374 e. The molecule has 0 radical (unpaired) electrons. The normalized spacial score (nSPS) is 13.8. The van der Waals surface area contributed by atoms with Crippen molar-refractivity contribution < 1.29 is 0 Å². The third-order valence-electron chi connectivity index (χ3n) is 3.64. The van der Waals surface area contributed by atoms with Crippen LogP contribution in [0.15, 0.2) is 36.5 Å². The number of pyridine rings is 1. The zero-order chi connectivity index (χ0) is 13.2. The SMILES string of the molecule is CN1CCCc2cc(-c3ccc(C#N)nc3)ccc21. The van der Waals surface area contributed by atoms with Gasteiger partial charge in [0.25, 0.3) is 0 Å². The molecule has 2 aromatic rings. The van der Waals surface area contributed by atoms with E-state index in [1.165, 1.54) is 23.2 Å². The monoisotopic (exact) mass is 249 g/mol. The van der Waals surface area contributed by atoms with E-state index in [1.54, 1.807) is 12.3 Å². The highest BCUT2D eigenvalue weighted by molar-refractivity contribution is 5.69. The van der Waals surface area contributed by atoms with E-state index < -0.39 is 0 Å². The van der Waals surface area contributed by atoms with Crippen molar-refractivity contribution in [1.82, 2.24) is 4.98 Å². The second-order valence-electron chi connectivity index (χ2n) is 4.91. The van der Waals surface area contributed by atoms with Crippen molar-refractivity contribution in [2.45, 2.75) is 12.8 Å². The van der Waals surface area contributed by atoms with Crippen molar-refractivity contribution in [3.05, 3.63) is 47.8 Å². The smallest absolute Gasteiger partial charge is 0.140 e. The summed E-state index contributed by atoms with van der Waals surface area (Å²) in [5.74, 6) is 0. The summed E-state index contributed by atoms with van der Waals surface area (Å²) in [6.07, 6.45) is 4.11. The minimum absolute atomic E-state index is 0.460. The Bertz CT molecular complexity index is 638. The van der Waals surface area contributed by atoms with Gasteiger partial charge >= 0.3 is 0 Å². The molecule has 0 fully saturated rings. The van der Waals surface area contributed by atoms with Gasteiger partial charge in [-0.25, -0.2) is 4.98 Å². The number of nitrogens with zero attached hydrogens (tertiary/aromatic N) is 3. The molecule has 0 spiro atoms. The van der Waals surface area contributed by atoms with Crippen LogP contribution in [-0.4, -0.2) is 18.6 Å². The molecule has 0 atom stereocenters. The van der Waals surface area contributed by atoms with Gasteiger partial charge in [-0.15, -0.1) is 0 Å². The molecule has 94 valence electrons. The summed E-state index contributed by atoms with van der Waals surface area (Å²) in [5, 5.41) is 8.77. The van der Waals surface area contributed by atoms with Gasteiger partial charge in [-0.1, -0.05) is 6.07 Å². The zero-order valence-corrected chi connectivity index (χ0v) is 10.9. The van der Waals surface area contributed by atoms with Crippen LogP contribution < -0.4 is 4.90 Å². The van der Waals surface area contributed by atoms with E-state index in [0.29, 0.717) is 5.69 Å². The van der Waals surface area contributed by atoms with E-state index in [-0.39, 0.29) is 0 Å². The highest BCUT2D eigenvalue weighted by atomic mass is 15.1. The standard InChI is InChI=1S/C16H15N3/c1-19-8-2-3-13-9-12(5-7-16(13)19)14-4-6-15(10-17)18-11-14/h4-7,9,11H,2-3,8H2,1H3. The van der Waals surface area contributed by atoms with Crippen LogP contribution in [-0.2, 0) is 6.42 Å². The molecule has 0 aliphatic carbocycles. The summed E-state index contributed by atoms with van der Waals surface area (Å²) >= 11 is 0. The average Bonchev–Trinajstić information content (AvgIpc) is 2.47. The molecule has 0 unspecified atom stereocenters. The number of benzene rings is 1. The lowest BCUT2D eigenvalue weighted by molar-refractivity contribution is 0.745. The van der Waals surface area contributed by atoms with E-state index in [4.69, 9.17) is 5.26 Å². The van der Waals surface area contributed by atoms with Gasteiger partial charge in [-0.05, 0) is 48.2 Å². The Hall–Kier alpha value is -2.34. The Balaban J connectivity index is 1.99. The largest absolute Gasteiger partial charge is 0.374 e. The lowest BCUT2D eigenvalue weighted by Crippen LogP contribution is -2.24. The van der Waals surface area contributed by atoms with Gasteiger partial charge in [0.1, 0.15) is 11.8 Å². The molecular formula is C16H15N3. The molecule has 3 heteroatoms. The molecule has 0 saturated heterocycles. The topological polar surface area (TPSA) is 39.9 Å². The molecule has 19 heavy (non-hydrogen) atoms. The maximum Gasteiger partial charge on any atom is 0.140 e. The third kappa shape index (κ3) is 2.17. The first kappa shape index (κ1) is 11.7. The Morgan fingerprint density at radius 2 is 2.05 bits per heavy atom. The number of anilines is 1. The second kappa shape index (κ2) is 4.74. The first-order valence-electron chi connectivity index (χ1n) is 6.48. The van der Waals surface area contributed by atoms with Gasteiger partial charge in [0, 0.05) is 31.0 Å². The van der Waals surface area contributed by atoms with Gasteiger partial charge in [0.2, 0.25) is 0 Å². The summed E-state index contributed by atoms with van der Waals surface area (Å²) in [6.45, 7) is 1.13. The number of aryl methyl sites for hydroxylation is 1. The Kier molecular flexibility index (Phi) is 2.92. The van der Waals surface area contributed by atoms with Gasteiger partial charge in [-0.3, -0.25) is 0 Å². The van der Waals surface area contributed by atoms with Crippen LogP contribution in [0.2, 0.25) is 0 Å². The summed E-state index contributed by atoms with van der Waals surface area (Å²) in [5.41, 5.74) is 5.43. The maximum atomic E-state index is 8.77. The number of hydrogen-bond acceptors (Lipinski definition) is 3. The average molecular weight is 249 g/mol. The van der Waals surface area contributed by atoms with Crippen LogP contribution >= 0.6 is 0 Å². The molecule has 1 aliphatic heterocycles. The van der Waals surface area contributed by atoms with Crippen molar-refractivity contribution in [3.8, 4) is 17.2 Å². The minimum atomic E-state index is 0.460. The molecule has 3 nitrogen and oxygen atoms in total. The highest BCUT2D eigenvalue weighted by Gasteiger charge is 2.14. The first-order valence-corrected chi connectivity index (χ1v) is 6.48. The molecular weight excluding hydrogens is 234 g/mol. The molecule has 3 rings (SSSR count). The van der Waals surface area contributed by atoms with E-state index in [0.717, 1.165) is 18.5 Å². The van der Waals surface area contributed by atoms with E-state index in [9.17, 15) is 0 Å². The number of aromatic nitrogens is 1. The molecule has 1 aromatic heterocycles. The predicted molar refractivity (Wildman–Crippen MR) is 76.0 cm³/mol. The van der Waals surface area contributed by atoms with Crippen LogP contribution in [0, 0.1) is 11.3 Å². The number of rotatable bonds is 1. The lowest BCUT2D eigenvalue weighted by atomic mass is 9.97. The fourth-order valence-electron chi connectivity index (χ4n) is 2.60. The number of fused-ring (bicyclic) bond motifs is 1. The first-order chi connectivity index (χ1) is 9.28. The molecule has 0 amide bonds. The van der Waals surface area contributed by atoms with Crippen molar-refractivity contribution in [3.63, 3.8) is 0 Å².